The van der Waals surface area contributed by atoms with Gasteiger partial charge in [0.2, 0.25) is 0 Å². The van der Waals surface area contributed by atoms with Crippen molar-refractivity contribution in [3.63, 3.8) is 0 Å². The lowest BCUT2D eigenvalue weighted by Crippen LogP contribution is -2.48. The second-order valence-electron chi connectivity index (χ2n) is 3.26. The van der Waals surface area contributed by atoms with Crippen LogP contribution in [0.3, 0.4) is 0 Å². The Morgan fingerprint density at radius 2 is 2.33 bits per heavy atom. The molecule has 1 aromatic rings. The molecule has 1 N–H and O–H groups in total. The summed E-state index contributed by atoms with van der Waals surface area (Å²) in [5, 5.41) is 5.21. The van der Waals surface area contributed by atoms with Crippen LogP contribution in [0.2, 0.25) is 0 Å². The van der Waals surface area contributed by atoms with Crippen molar-refractivity contribution >= 4 is 17.3 Å². The molecule has 0 aliphatic carbocycles. The lowest BCUT2D eigenvalue weighted by atomic mass is 9.94. The number of rotatable bonds is 5. The molecule has 0 saturated carbocycles. The van der Waals surface area contributed by atoms with E-state index in [0.29, 0.717) is 6.42 Å². The summed E-state index contributed by atoms with van der Waals surface area (Å²) in [4.78, 5) is 12.9. The van der Waals surface area contributed by atoms with Crippen LogP contribution in [-0.2, 0) is 15.1 Å². The van der Waals surface area contributed by atoms with Crippen LogP contribution in [0.4, 0.5) is 0 Å². The molecule has 4 heteroatoms. The van der Waals surface area contributed by atoms with E-state index in [1.807, 2.05) is 31.4 Å². The molecule has 0 saturated heterocycles. The zero-order valence-corrected chi connectivity index (χ0v) is 10.2. The summed E-state index contributed by atoms with van der Waals surface area (Å²) in [5.74, 6) is -0.214. The highest BCUT2D eigenvalue weighted by Crippen LogP contribution is 2.30. The molecule has 1 rings (SSSR count). The number of methoxy groups -OCH3 is 1. The van der Waals surface area contributed by atoms with Crippen LogP contribution < -0.4 is 5.32 Å². The van der Waals surface area contributed by atoms with Crippen molar-refractivity contribution in [1.82, 2.24) is 5.32 Å². The van der Waals surface area contributed by atoms with Crippen molar-refractivity contribution in [3.05, 3.63) is 22.4 Å². The van der Waals surface area contributed by atoms with Gasteiger partial charge in [-0.15, -0.1) is 11.3 Å². The minimum absolute atomic E-state index is 0.214. The molecule has 1 unspecified atom stereocenters. The first kappa shape index (κ1) is 12.2. The van der Waals surface area contributed by atoms with Gasteiger partial charge in [-0.3, -0.25) is 5.32 Å². The molecule has 0 aromatic carbocycles. The van der Waals surface area contributed by atoms with E-state index in [1.165, 1.54) is 7.11 Å². The van der Waals surface area contributed by atoms with E-state index in [9.17, 15) is 4.79 Å². The summed E-state index contributed by atoms with van der Waals surface area (Å²) in [6, 6.07) is 3.92. The first-order valence-corrected chi connectivity index (χ1v) is 5.96. The summed E-state index contributed by atoms with van der Waals surface area (Å²) < 4.78 is 4.89. The van der Waals surface area contributed by atoms with E-state index in [0.717, 1.165) is 11.4 Å². The third-order valence-corrected chi connectivity index (χ3v) is 3.52. The molecule has 0 spiro atoms. The average Bonchev–Trinajstić information content (AvgIpc) is 2.78. The lowest BCUT2D eigenvalue weighted by Gasteiger charge is -2.29. The summed E-state index contributed by atoms with van der Waals surface area (Å²) in [6.07, 6.45) is 0.689. The summed E-state index contributed by atoms with van der Waals surface area (Å²) >= 11 is 1.57. The highest BCUT2D eigenvalue weighted by Gasteiger charge is 2.39. The predicted molar refractivity (Wildman–Crippen MR) is 62.0 cm³/mol. The van der Waals surface area contributed by atoms with E-state index < -0.39 is 5.54 Å². The molecule has 0 aliphatic heterocycles. The number of carbonyl (C=O) groups is 1. The first-order valence-electron chi connectivity index (χ1n) is 5.08. The molecule has 15 heavy (non-hydrogen) atoms. The first-order chi connectivity index (χ1) is 7.21. The summed E-state index contributed by atoms with van der Waals surface area (Å²) in [6.45, 7) is 4.71. The van der Waals surface area contributed by atoms with E-state index >= 15 is 0 Å². The fourth-order valence-corrected chi connectivity index (χ4v) is 2.66. The van der Waals surface area contributed by atoms with Crippen molar-refractivity contribution in [3.8, 4) is 0 Å². The molecule has 0 aliphatic rings. The minimum atomic E-state index is -0.669. The highest BCUT2D eigenvalue weighted by atomic mass is 32.1. The minimum Gasteiger partial charge on any atom is -0.467 e. The number of ether oxygens (including phenoxy) is 1. The smallest absolute Gasteiger partial charge is 0.331 e. The predicted octanol–water partition coefficient (Wildman–Crippen LogP) is 2.14. The number of esters is 1. The van der Waals surface area contributed by atoms with Gasteiger partial charge in [0.1, 0.15) is 0 Å². The Morgan fingerprint density at radius 3 is 2.73 bits per heavy atom. The zero-order valence-electron chi connectivity index (χ0n) is 9.37. The van der Waals surface area contributed by atoms with Gasteiger partial charge in [0, 0.05) is 4.88 Å². The monoisotopic (exact) mass is 227 g/mol. The van der Waals surface area contributed by atoms with Crippen molar-refractivity contribution in [2.45, 2.75) is 25.8 Å². The quantitative estimate of drug-likeness (QED) is 0.783. The van der Waals surface area contributed by atoms with Crippen LogP contribution >= 0.6 is 11.3 Å². The SMILES string of the molecule is CCNC(CC)(C(=O)OC)c1cccs1. The Kier molecular flexibility index (Phi) is 4.29. The van der Waals surface area contributed by atoms with E-state index in [4.69, 9.17) is 4.74 Å². The molecular formula is C11H17NO2S. The maximum absolute atomic E-state index is 11.9. The molecule has 1 atom stereocenters. The Balaban J connectivity index is 3.09. The average molecular weight is 227 g/mol. The Bertz CT molecular complexity index is 310. The van der Waals surface area contributed by atoms with Gasteiger partial charge < -0.3 is 4.74 Å². The molecular weight excluding hydrogens is 210 g/mol. The maximum atomic E-state index is 11.9. The van der Waals surface area contributed by atoms with Crippen molar-refractivity contribution < 1.29 is 9.53 Å². The third-order valence-electron chi connectivity index (χ3n) is 2.48. The molecule has 1 aromatic heterocycles. The van der Waals surface area contributed by atoms with Crippen LogP contribution in [0.15, 0.2) is 17.5 Å². The molecule has 0 fully saturated rings. The molecule has 0 radical (unpaired) electrons. The standard InChI is InChI=1S/C11H17NO2S/c1-4-11(12-5-2,10(13)14-3)9-7-6-8-15-9/h6-8,12H,4-5H2,1-3H3. The second-order valence-corrected chi connectivity index (χ2v) is 4.21. The zero-order chi connectivity index (χ0) is 11.3. The normalized spacial score (nSPS) is 14.6. The van der Waals surface area contributed by atoms with Gasteiger partial charge in [-0.05, 0) is 24.4 Å². The van der Waals surface area contributed by atoms with Gasteiger partial charge in [0.25, 0.3) is 0 Å². The topological polar surface area (TPSA) is 38.3 Å². The second kappa shape index (κ2) is 5.28. The van der Waals surface area contributed by atoms with Crippen molar-refractivity contribution in [1.29, 1.82) is 0 Å². The van der Waals surface area contributed by atoms with Gasteiger partial charge in [-0.2, -0.15) is 0 Å². The lowest BCUT2D eigenvalue weighted by molar-refractivity contribution is -0.149. The number of hydrogen-bond acceptors (Lipinski definition) is 4. The van der Waals surface area contributed by atoms with Crippen LogP contribution in [-0.4, -0.2) is 19.6 Å². The molecule has 3 nitrogen and oxygen atoms in total. The molecule has 84 valence electrons. The Hall–Kier alpha value is -0.870. The molecule has 0 amide bonds. The summed E-state index contributed by atoms with van der Waals surface area (Å²) in [7, 11) is 1.43. The summed E-state index contributed by atoms with van der Waals surface area (Å²) in [5.41, 5.74) is -0.669. The van der Waals surface area contributed by atoms with E-state index in [-0.39, 0.29) is 5.97 Å². The van der Waals surface area contributed by atoms with Gasteiger partial charge in [-0.1, -0.05) is 19.9 Å². The van der Waals surface area contributed by atoms with Crippen LogP contribution in [0.5, 0.6) is 0 Å². The molecule has 0 bridgehead atoms. The largest absolute Gasteiger partial charge is 0.467 e. The van der Waals surface area contributed by atoms with Gasteiger partial charge in [0.05, 0.1) is 7.11 Å². The Morgan fingerprint density at radius 1 is 1.60 bits per heavy atom. The Labute approximate surface area is 94.5 Å². The number of thiophene rings is 1. The van der Waals surface area contributed by atoms with E-state index in [2.05, 4.69) is 5.32 Å². The number of likely N-dealkylation sites (N-methyl/N-ethyl adjacent to an activating group) is 1. The van der Waals surface area contributed by atoms with Crippen LogP contribution in [0.25, 0.3) is 0 Å². The number of hydrogen-bond donors (Lipinski definition) is 1. The van der Waals surface area contributed by atoms with Crippen molar-refractivity contribution in [2.24, 2.45) is 0 Å². The highest BCUT2D eigenvalue weighted by molar-refractivity contribution is 7.10. The van der Waals surface area contributed by atoms with Gasteiger partial charge in [0.15, 0.2) is 5.54 Å². The van der Waals surface area contributed by atoms with E-state index in [1.54, 1.807) is 11.3 Å². The number of nitrogens with one attached hydrogen (secondary N) is 1. The number of carbonyl (C=O) groups excluding carboxylic acids is 1. The van der Waals surface area contributed by atoms with Crippen LogP contribution in [0, 0.1) is 0 Å². The fraction of sp³-hybridized carbons (Fsp3) is 0.545. The van der Waals surface area contributed by atoms with Crippen molar-refractivity contribution in [2.75, 3.05) is 13.7 Å². The van der Waals surface area contributed by atoms with Gasteiger partial charge >= 0.3 is 5.97 Å². The maximum Gasteiger partial charge on any atom is 0.331 e. The fourth-order valence-electron chi connectivity index (χ4n) is 1.70. The third kappa shape index (κ3) is 2.21. The molecule has 1 heterocycles. The van der Waals surface area contributed by atoms with Gasteiger partial charge in [-0.25, -0.2) is 4.79 Å². The van der Waals surface area contributed by atoms with Crippen LogP contribution in [0.1, 0.15) is 25.1 Å².